The van der Waals surface area contributed by atoms with Crippen molar-refractivity contribution in [1.29, 1.82) is 0 Å². The molecule has 2 unspecified atom stereocenters. The fourth-order valence-corrected chi connectivity index (χ4v) is 2.64. The van der Waals surface area contributed by atoms with Crippen LogP contribution in [0.15, 0.2) is 35.9 Å². The summed E-state index contributed by atoms with van der Waals surface area (Å²) >= 11 is 0. The molecule has 1 amide bonds. The molecular formula is C17H20F3NO2. The van der Waals surface area contributed by atoms with Gasteiger partial charge >= 0.3 is 6.18 Å². The smallest absolute Gasteiger partial charge is 0.386 e. The molecule has 3 nitrogen and oxygen atoms in total. The van der Waals surface area contributed by atoms with Gasteiger partial charge in [0.2, 0.25) is 5.91 Å². The van der Waals surface area contributed by atoms with Crippen molar-refractivity contribution in [3.8, 4) is 0 Å². The molecule has 2 atom stereocenters. The Kier molecular flexibility index (Phi) is 5.46. The van der Waals surface area contributed by atoms with Gasteiger partial charge in [-0.2, -0.15) is 13.2 Å². The number of hydrogen-bond donors (Lipinski definition) is 2. The Morgan fingerprint density at radius 2 is 1.96 bits per heavy atom. The Hall–Kier alpha value is -1.82. The molecule has 0 fully saturated rings. The molecule has 6 heteroatoms. The number of carbonyl (C=O) groups is 1. The molecule has 23 heavy (non-hydrogen) atoms. The molecule has 1 aliphatic rings. The highest BCUT2D eigenvalue weighted by Gasteiger charge is 2.31. The van der Waals surface area contributed by atoms with Crippen molar-refractivity contribution in [2.75, 3.05) is 0 Å². The van der Waals surface area contributed by atoms with Gasteiger partial charge in [0, 0.05) is 5.57 Å². The minimum absolute atomic E-state index is 0.208. The lowest BCUT2D eigenvalue weighted by Crippen LogP contribution is -2.39. The highest BCUT2D eigenvalue weighted by molar-refractivity contribution is 5.94. The van der Waals surface area contributed by atoms with Crippen LogP contribution in [0.5, 0.6) is 0 Å². The molecular weight excluding hydrogens is 307 g/mol. The number of hydrogen-bond acceptors (Lipinski definition) is 2. The number of alkyl halides is 3. The second kappa shape index (κ2) is 7.17. The highest BCUT2D eigenvalue weighted by Crippen LogP contribution is 2.30. The van der Waals surface area contributed by atoms with E-state index in [0.29, 0.717) is 17.6 Å². The average molecular weight is 327 g/mol. The van der Waals surface area contributed by atoms with Crippen molar-refractivity contribution >= 4 is 5.91 Å². The van der Waals surface area contributed by atoms with Crippen molar-refractivity contribution in [1.82, 2.24) is 5.32 Å². The lowest BCUT2D eigenvalue weighted by atomic mass is 9.98. The Balaban J connectivity index is 2.07. The van der Waals surface area contributed by atoms with E-state index in [4.69, 9.17) is 0 Å². The second-order valence-corrected chi connectivity index (χ2v) is 5.67. The van der Waals surface area contributed by atoms with Crippen molar-refractivity contribution in [2.45, 2.75) is 50.9 Å². The largest absolute Gasteiger partial charge is 0.416 e. The first kappa shape index (κ1) is 17.5. The number of amides is 1. The molecule has 2 N–H and O–H groups in total. The predicted octanol–water partition coefficient (Wildman–Crippen LogP) is 3.74. The molecule has 0 aliphatic heterocycles. The summed E-state index contributed by atoms with van der Waals surface area (Å²) in [4.78, 5) is 12.1. The standard InChI is InChI=1S/C17H20F3NO2/c1-2-14(21-16(23)12-5-3-4-6-12)15(22)11-7-9-13(10-8-11)17(18,19)20/h5,7-10,14-15,22H,2-4,6H2,1H3,(H,21,23). The van der Waals surface area contributed by atoms with E-state index in [9.17, 15) is 23.1 Å². The van der Waals surface area contributed by atoms with Crippen LogP contribution in [0, 0.1) is 0 Å². The number of carbonyl (C=O) groups excluding carboxylic acids is 1. The molecule has 1 aromatic rings. The summed E-state index contributed by atoms with van der Waals surface area (Å²) in [6.07, 6.45) is -0.557. The summed E-state index contributed by atoms with van der Waals surface area (Å²) in [5, 5.41) is 13.1. The lowest BCUT2D eigenvalue weighted by Gasteiger charge is -2.24. The molecule has 0 aromatic heterocycles. The van der Waals surface area contributed by atoms with E-state index in [1.54, 1.807) is 6.92 Å². The van der Waals surface area contributed by atoms with Crippen molar-refractivity contribution in [3.63, 3.8) is 0 Å². The predicted molar refractivity (Wildman–Crippen MR) is 80.6 cm³/mol. The van der Waals surface area contributed by atoms with Crippen molar-refractivity contribution < 1.29 is 23.1 Å². The van der Waals surface area contributed by atoms with Crippen LogP contribution in [0.1, 0.15) is 49.8 Å². The SMILES string of the molecule is CCC(NC(=O)C1=CCCC1)C(O)c1ccc(C(F)(F)F)cc1. The maximum atomic E-state index is 12.6. The molecule has 1 aromatic carbocycles. The van der Waals surface area contributed by atoms with Crippen molar-refractivity contribution in [2.24, 2.45) is 0 Å². The van der Waals surface area contributed by atoms with Gasteiger partial charge in [-0.1, -0.05) is 25.1 Å². The average Bonchev–Trinajstić information content (AvgIpc) is 3.05. The van der Waals surface area contributed by atoms with Gasteiger partial charge in [0.1, 0.15) is 0 Å². The molecule has 1 aliphatic carbocycles. The summed E-state index contributed by atoms with van der Waals surface area (Å²) < 4.78 is 37.7. The fraction of sp³-hybridized carbons (Fsp3) is 0.471. The van der Waals surface area contributed by atoms with Gasteiger partial charge in [0.05, 0.1) is 17.7 Å². The van der Waals surface area contributed by atoms with Crippen LogP contribution in [0.3, 0.4) is 0 Å². The summed E-state index contributed by atoms with van der Waals surface area (Å²) in [6, 6.07) is 3.83. The van der Waals surface area contributed by atoms with Gasteiger partial charge in [0.25, 0.3) is 0 Å². The first-order chi connectivity index (χ1) is 10.8. The van der Waals surface area contributed by atoms with Crippen LogP contribution in [-0.4, -0.2) is 17.1 Å². The first-order valence-electron chi connectivity index (χ1n) is 7.68. The molecule has 0 saturated heterocycles. The van der Waals surface area contributed by atoms with Crippen molar-refractivity contribution in [3.05, 3.63) is 47.0 Å². The summed E-state index contributed by atoms with van der Waals surface area (Å²) in [7, 11) is 0. The van der Waals surface area contributed by atoms with E-state index in [-0.39, 0.29) is 5.91 Å². The molecule has 2 rings (SSSR count). The van der Waals surface area contributed by atoms with E-state index in [2.05, 4.69) is 5.32 Å². The third kappa shape index (κ3) is 4.34. The number of allylic oxidation sites excluding steroid dienone is 1. The van der Waals surface area contributed by atoms with Gasteiger partial charge < -0.3 is 10.4 Å². The Morgan fingerprint density at radius 1 is 1.30 bits per heavy atom. The van der Waals surface area contributed by atoms with E-state index in [1.807, 2.05) is 6.08 Å². The van der Waals surface area contributed by atoms with E-state index in [0.717, 1.165) is 31.4 Å². The van der Waals surface area contributed by atoms with Gasteiger partial charge in [-0.3, -0.25) is 4.79 Å². The Morgan fingerprint density at radius 3 is 2.43 bits per heavy atom. The molecule has 0 saturated carbocycles. The lowest BCUT2D eigenvalue weighted by molar-refractivity contribution is -0.137. The Labute approximate surface area is 133 Å². The zero-order chi connectivity index (χ0) is 17.0. The number of halogens is 3. The monoisotopic (exact) mass is 327 g/mol. The molecule has 0 spiro atoms. The molecule has 0 bridgehead atoms. The second-order valence-electron chi connectivity index (χ2n) is 5.67. The first-order valence-corrected chi connectivity index (χ1v) is 7.68. The number of aliphatic hydroxyl groups excluding tert-OH is 1. The number of rotatable bonds is 5. The molecule has 0 radical (unpaired) electrons. The van der Waals surface area contributed by atoms with Gasteiger partial charge in [-0.15, -0.1) is 0 Å². The van der Waals surface area contributed by atoms with Crippen LogP contribution >= 0.6 is 0 Å². The minimum Gasteiger partial charge on any atom is -0.386 e. The summed E-state index contributed by atoms with van der Waals surface area (Å²) in [5.74, 6) is -0.208. The number of nitrogens with one attached hydrogen (secondary N) is 1. The number of aliphatic hydroxyl groups is 1. The van der Waals surface area contributed by atoms with Gasteiger partial charge in [-0.25, -0.2) is 0 Å². The zero-order valence-electron chi connectivity index (χ0n) is 12.9. The van der Waals surface area contributed by atoms with Crippen LogP contribution in [0.4, 0.5) is 13.2 Å². The zero-order valence-corrected chi connectivity index (χ0v) is 12.9. The van der Waals surface area contributed by atoms with E-state index >= 15 is 0 Å². The van der Waals surface area contributed by atoms with Gasteiger partial charge in [-0.05, 0) is 43.4 Å². The third-order valence-electron chi connectivity index (χ3n) is 4.05. The molecule has 126 valence electrons. The minimum atomic E-state index is -4.41. The summed E-state index contributed by atoms with van der Waals surface area (Å²) in [6.45, 7) is 1.81. The maximum absolute atomic E-state index is 12.6. The summed E-state index contributed by atoms with van der Waals surface area (Å²) in [5.41, 5.74) is 0.301. The topological polar surface area (TPSA) is 49.3 Å². The third-order valence-corrected chi connectivity index (χ3v) is 4.05. The van der Waals surface area contributed by atoms with Crippen LogP contribution in [0.25, 0.3) is 0 Å². The normalized spacial score (nSPS) is 17.5. The highest BCUT2D eigenvalue weighted by atomic mass is 19.4. The van der Waals surface area contributed by atoms with Gasteiger partial charge in [0.15, 0.2) is 0 Å². The number of benzene rings is 1. The van der Waals surface area contributed by atoms with E-state index in [1.165, 1.54) is 12.1 Å². The van der Waals surface area contributed by atoms with Crippen LogP contribution in [0.2, 0.25) is 0 Å². The molecule has 0 heterocycles. The Bertz CT molecular complexity index is 578. The quantitative estimate of drug-likeness (QED) is 0.865. The van der Waals surface area contributed by atoms with Crippen LogP contribution in [-0.2, 0) is 11.0 Å². The maximum Gasteiger partial charge on any atom is 0.416 e. The van der Waals surface area contributed by atoms with Crippen LogP contribution < -0.4 is 5.32 Å². The fourth-order valence-electron chi connectivity index (χ4n) is 2.64. The van der Waals surface area contributed by atoms with E-state index < -0.39 is 23.9 Å².